The molecule has 1 aromatic carbocycles. The van der Waals surface area contributed by atoms with Gasteiger partial charge >= 0.3 is 0 Å². The smallest absolute Gasteiger partial charge is 0.130 e. The number of hydrazine groups is 1. The van der Waals surface area contributed by atoms with Crippen LogP contribution in [-0.2, 0) is 7.05 Å². The lowest BCUT2D eigenvalue weighted by molar-refractivity contribution is 0.165. The Kier molecular flexibility index (Phi) is 4.42. The van der Waals surface area contributed by atoms with Gasteiger partial charge in [-0.3, -0.25) is 5.84 Å². The van der Waals surface area contributed by atoms with Crippen LogP contribution in [0.15, 0.2) is 36.7 Å². The first-order valence-corrected chi connectivity index (χ1v) is 6.35. The fraction of sp³-hybridized carbons (Fsp3) is 0.308. The van der Waals surface area contributed by atoms with Gasteiger partial charge in [-0.2, -0.15) is 0 Å². The van der Waals surface area contributed by atoms with E-state index in [-0.39, 0.29) is 12.1 Å². The number of nitrogens with one attached hydrogen (secondary N) is 1. The molecule has 19 heavy (non-hydrogen) atoms. The van der Waals surface area contributed by atoms with Crippen molar-refractivity contribution in [1.82, 2.24) is 15.0 Å². The molecule has 6 heteroatoms. The Labute approximate surface area is 117 Å². The van der Waals surface area contributed by atoms with Crippen LogP contribution in [0.3, 0.4) is 0 Å². The molecule has 5 nitrogen and oxygen atoms in total. The van der Waals surface area contributed by atoms with Crippen molar-refractivity contribution in [2.45, 2.75) is 19.1 Å². The Bertz CT molecular complexity index is 543. The highest BCUT2D eigenvalue weighted by Gasteiger charge is 2.23. The van der Waals surface area contributed by atoms with Gasteiger partial charge in [0.1, 0.15) is 23.7 Å². The highest BCUT2D eigenvalue weighted by Crippen LogP contribution is 2.22. The summed E-state index contributed by atoms with van der Waals surface area (Å²) in [5.41, 5.74) is 2.74. The lowest BCUT2D eigenvalue weighted by atomic mass is 10.1. The molecular weight excluding hydrogens is 264 g/mol. The lowest BCUT2D eigenvalue weighted by Crippen LogP contribution is -2.39. The van der Waals surface area contributed by atoms with Gasteiger partial charge in [0.25, 0.3) is 0 Å². The second-order valence-corrected chi connectivity index (χ2v) is 4.76. The first kappa shape index (κ1) is 13.9. The number of nitrogens with zero attached hydrogens (tertiary/aromatic N) is 2. The van der Waals surface area contributed by atoms with Crippen LogP contribution >= 0.6 is 11.6 Å². The molecule has 102 valence electrons. The zero-order valence-electron chi connectivity index (χ0n) is 10.9. The predicted octanol–water partition coefficient (Wildman–Crippen LogP) is 2.05. The quantitative estimate of drug-likeness (QED) is 0.650. The molecule has 0 aliphatic rings. The number of hydrogen-bond acceptors (Lipinski definition) is 4. The Hall–Kier alpha value is -1.56. The van der Waals surface area contributed by atoms with Gasteiger partial charge in [-0.25, -0.2) is 10.4 Å². The maximum atomic E-state index is 5.93. The average Bonchev–Trinajstić information content (AvgIpc) is 2.77. The molecule has 0 saturated carbocycles. The number of imidazole rings is 1. The van der Waals surface area contributed by atoms with Gasteiger partial charge in [0.2, 0.25) is 0 Å². The van der Waals surface area contributed by atoms with Gasteiger partial charge in [0.15, 0.2) is 0 Å². The summed E-state index contributed by atoms with van der Waals surface area (Å²) in [6, 6.07) is 7.06. The van der Waals surface area contributed by atoms with Crippen molar-refractivity contribution in [3.05, 3.63) is 47.5 Å². The number of rotatable bonds is 5. The van der Waals surface area contributed by atoms with E-state index in [1.165, 1.54) is 0 Å². The molecule has 0 saturated heterocycles. The Morgan fingerprint density at radius 2 is 2.26 bits per heavy atom. The van der Waals surface area contributed by atoms with Crippen LogP contribution in [0.4, 0.5) is 0 Å². The van der Waals surface area contributed by atoms with Crippen molar-refractivity contribution in [2.24, 2.45) is 12.9 Å². The molecule has 1 heterocycles. The number of nitrogens with two attached hydrogens (primary N) is 1. The monoisotopic (exact) mass is 280 g/mol. The first-order chi connectivity index (χ1) is 9.11. The number of aromatic nitrogens is 2. The second-order valence-electron chi connectivity index (χ2n) is 4.32. The number of halogens is 1. The summed E-state index contributed by atoms with van der Waals surface area (Å²) < 4.78 is 7.75. The third-order valence-electron chi connectivity index (χ3n) is 2.90. The van der Waals surface area contributed by atoms with E-state index in [4.69, 9.17) is 22.2 Å². The van der Waals surface area contributed by atoms with Crippen molar-refractivity contribution in [3.8, 4) is 5.75 Å². The van der Waals surface area contributed by atoms with Crippen LogP contribution in [-0.4, -0.2) is 15.7 Å². The molecule has 2 aromatic rings. The Balaban J connectivity index is 2.14. The molecule has 0 amide bonds. The molecule has 2 rings (SSSR count). The zero-order chi connectivity index (χ0) is 13.8. The van der Waals surface area contributed by atoms with Gasteiger partial charge in [0.05, 0.1) is 0 Å². The van der Waals surface area contributed by atoms with Crippen LogP contribution in [0.5, 0.6) is 5.75 Å². The summed E-state index contributed by atoms with van der Waals surface area (Å²) >= 11 is 5.93. The van der Waals surface area contributed by atoms with Gasteiger partial charge in [-0.1, -0.05) is 17.7 Å². The van der Waals surface area contributed by atoms with E-state index in [1.54, 1.807) is 18.3 Å². The number of benzene rings is 1. The summed E-state index contributed by atoms with van der Waals surface area (Å²) in [6.07, 6.45) is 3.40. The van der Waals surface area contributed by atoms with Gasteiger partial charge in [-0.15, -0.1) is 0 Å². The standard InChI is InChI=1S/C13H17ClN4O/c1-9(19-11-5-3-4-10(14)8-11)12(17-15)13-16-6-7-18(13)2/h3-9,12,17H,15H2,1-2H3. The zero-order valence-corrected chi connectivity index (χ0v) is 11.6. The maximum Gasteiger partial charge on any atom is 0.130 e. The van der Waals surface area contributed by atoms with Gasteiger partial charge in [0, 0.05) is 24.5 Å². The Morgan fingerprint density at radius 3 is 2.84 bits per heavy atom. The van der Waals surface area contributed by atoms with Crippen LogP contribution in [0.1, 0.15) is 18.8 Å². The van der Waals surface area contributed by atoms with E-state index in [0.29, 0.717) is 10.8 Å². The summed E-state index contributed by atoms with van der Waals surface area (Å²) in [5.74, 6) is 7.13. The number of hydrogen-bond donors (Lipinski definition) is 2. The van der Waals surface area contributed by atoms with Crippen molar-refractivity contribution in [2.75, 3.05) is 0 Å². The molecule has 0 aliphatic heterocycles. The average molecular weight is 281 g/mol. The molecule has 2 unspecified atom stereocenters. The molecule has 1 aromatic heterocycles. The summed E-state index contributed by atoms with van der Waals surface area (Å²) in [6.45, 7) is 1.93. The van der Waals surface area contributed by atoms with Gasteiger partial charge < -0.3 is 9.30 Å². The first-order valence-electron chi connectivity index (χ1n) is 5.97. The molecule has 0 radical (unpaired) electrons. The largest absolute Gasteiger partial charge is 0.489 e. The van der Waals surface area contributed by atoms with E-state index >= 15 is 0 Å². The fourth-order valence-corrected chi connectivity index (χ4v) is 2.10. The number of aryl methyl sites for hydroxylation is 1. The second kappa shape index (κ2) is 6.06. The molecule has 0 fully saturated rings. The van der Waals surface area contributed by atoms with Crippen molar-refractivity contribution < 1.29 is 4.74 Å². The molecule has 2 atom stereocenters. The third-order valence-corrected chi connectivity index (χ3v) is 3.14. The van der Waals surface area contributed by atoms with Crippen molar-refractivity contribution in [1.29, 1.82) is 0 Å². The molecule has 0 aliphatic carbocycles. The molecular formula is C13H17ClN4O. The minimum absolute atomic E-state index is 0.190. The molecule has 0 spiro atoms. The minimum atomic E-state index is -0.209. The SMILES string of the molecule is CC(Oc1cccc(Cl)c1)C(NN)c1nccn1C. The third kappa shape index (κ3) is 3.26. The van der Waals surface area contributed by atoms with Gasteiger partial charge in [-0.05, 0) is 25.1 Å². The lowest BCUT2D eigenvalue weighted by Gasteiger charge is -2.24. The maximum absolute atomic E-state index is 5.93. The van der Waals surface area contributed by atoms with Crippen molar-refractivity contribution in [3.63, 3.8) is 0 Å². The van der Waals surface area contributed by atoms with Crippen LogP contribution in [0, 0.1) is 0 Å². The highest BCUT2D eigenvalue weighted by molar-refractivity contribution is 6.30. The van der Waals surface area contributed by atoms with Crippen LogP contribution in [0.2, 0.25) is 5.02 Å². The molecule has 3 N–H and O–H groups in total. The number of ether oxygens (including phenoxy) is 1. The highest BCUT2D eigenvalue weighted by atomic mass is 35.5. The van der Waals surface area contributed by atoms with E-state index in [0.717, 1.165) is 5.82 Å². The summed E-state index contributed by atoms with van der Waals surface area (Å²) in [5, 5.41) is 0.638. The topological polar surface area (TPSA) is 65.1 Å². The fourth-order valence-electron chi connectivity index (χ4n) is 1.92. The van der Waals surface area contributed by atoms with E-state index in [9.17, 15) is 0 Å². The Morgan fingerprint density at radius 1 is 1.47 bits per heavy atom. The van der Waals surface area contributed by atoms with E-state index < -0.39 is 0 Å². The molecule has 0 bridgehead atoms. The predicted molar refractivity (Wildman–Crippen MR) is 74.8 cm³/mol. The van der Waals surface area contributed by atoms with Crippen LogP contribution < -0.4 is 16.0 Å². The van der Waals surface area contributed by atoms with Crippen molar-refractivity contribution >= 4 is 11.6 Å². The minimum Gasteiger partial charge on any atom is -0.489 e. The summed E-state index contributed by atoms with van der Waals surface area (Å²) in [4.78, 5) is 4.28. The normalized spacial score (nSPS) is 14.1. The van der Waals surface area contributed by atoms with E-state index in [2.05, 4.69) is 10.4 Å². The van der Waals surface area contributed by atoms with Crippen LogP contribution in [0.25, 0.3) is 0 Å². The van der Waals surface area contributed by atoms with E-state index in [1.807, 2.05) is 36.9 Å². The summed E-state index contributed by atoms with van der Waals surface area (Å²) in [7, 11) is 1.92.